The Labute approximate surface area is 106 Å². The van der Waals surface area contributed by atoms with Crippen molar-refractivity contribution in [2.45, 2.75) is 25.4 Å². The highest BCUT2D eigenvalue weighted by Gasteiger charge is 2.16. The van der Waals surface area contributed by atoms with Gasteiger partial charge in [0.05, 0.1) is 18.8 Å². The topological polar surface area (TPSA) is 57.7 Å². The highest BCUT2D eigenvalue weighted by molar-refractivity contribution is 5.89. The second-order valence-electron chi connectivity index (χ2n) is 4.18. The molecule has 1 atom stereocenters. The van der Waals surface area contributed by atoms with Crippen LogP contribution in [0.15, 0.2) is 18.3 Å². The lowest BCUT2D eigenvalue weighted by Gasteiger charge is -2.21. The third-order valence-corrected chi connectivity index (χ3v) is 2.86. The first-order valence-electron chi connectivity index (χ1n) is 6.08. The lowest BCUT2D eigenvalue weighted by Crippen LogP contribution is -2.25. The average molecular weight is 251 g/mol. The molecule has 0 amide bonds. The van der Waals surface area contributed by atoms with E-state index in [0.29, 0.717) is 18.1 Å². The maximum atomic E-state index is 11.7. The van der Waals surface area contributed by atoms with Crippen LogP contribution in [0.5, 0.6) is 5.88 Å². The summed E-state index contributed by atoms with van der Waals surface area (Å²) >= 11 is 0. The van der Waals surface area contributed by atoms with Gasteiger partial charge in [-0.15, -0.1) is 0 Å². The fourth-order valence-electron chi connectivity index (χ4n) is 1.81. The molecule has 0 spiro atoms. The summed E-state index contributed by atoms with van der Waals surface area (Å²) in [5.74, 6) is 0.0986. The normalized spacial score (nSPS) is 19.3. The Morgan fingerprint density at radius 2 is 2.39 bits per heavy atom. The Morgan fingerprint density at radius 1 is 1.50 bits per heavy atom. The van der Waals surface area contributed by atoms with Crippen molar-refractivity contribution in [2.24, 2.45) is 0 Å². The van der Waals surface area contributed by atoms with E-state index < -0.39 is 0 Å². The molecular formula is C13H17NO4. The molecule has 18 heavy (non-hydrogen) atoms. The molecule has 0 unspecified atom stereocenters. The Balaban J connectivity index is 1.82. The molecular weight excluding hydrogens is 234 g/mol. The molecule has 0 aromatic carbocycles. The van der Waals surface area contributed by atoms with Crippen molar-refractivity contribution in [3.05, 3.63) is 23.9 Å². The number of hydrogen-bond donors (Lipinski definition) is 0. The summed E-state index contributed by atoms with van der Waals surface area (Å²) in [6, 6.07) is 3.27. The van der Waals surface area contributed by atoms with Crippen LogP contribution in [-0.2, 0) is 9.47 Å². The number of methoxy groups -OCH3 is 1. The number of carbonyl (C=O) groups excluding carboxylic acids is 1. The smallest absolute Gasteiger partial charge is 0.339 e. The number of hydrogen-bond acceptors (Lipinski definition) is 5. The van der Waals surface area contributed by atoms with E-state index in [0.717, 1.165) is 25.9 Å². The number of esters is 1. The van der Waals surface area contributed by atoms with Crippen molar-refractivity contribution < 1.29 is 19.0 Å². The molecule has 98 valence electrons. The monoisotopic (exact) mass is 251 g/mol. The third kappa shape index (κ3) is 3.43. The summed E-state index contributed by atoms with van der Waals surface area (Å²) < 4.78 is 15.6. The number of nitrogens with zero attached hydrogens (tertiary/aromatic N) is 1. The first kappa shape index (κ1) is 12.8. The summed E-state index contributed by atoms with van der Waals surface area (Å²) in [6.45, 7) is 1.07. The summed E-state index contributed by atoms with van der Waals surface area (Å²) in [5.41, 5.74) is 0.423. The fourth-order valence-corrected chi connectivity index (χ4v) is 1.81. The number of carbonyl (C=O) groups is 1. The second-order valence-corrected chi connectivity index (χ2v) is 4.18. The van der Waals surface area contributed by atoms with Crippen molar-refractivity contribution in [3.8, 4) is 5.88 Å². The van der Waals surface area contributed by atoms with Crippen LogP contribution in [-0.4, -0.2) is 37.4 Å². The molecule has 1 saturated heterocycles. The van der Waals surface area contributed by atoms with Gasteiger partial charge in [0.15, 0.2) is 0 Å². The van der Waals surface area contributed by atoms with Crippen LogP contribution >= 0.6 is 0 Å². The Morgan fingerprint density at radius 3 is 3.00 bits per heavy atom. The van der Waals surface area contributed by atoms with Crippen LogP contribution in [0.4, 0.5) is 0 Å². The molecule has 0 radical (unpaired) electrons. The molecule has 0 N–H and O–H groups in total. The summed E-state index contributed by atoms with van der Waals surface area (Å²) in [6.07, 6.45) is 4.66. The summed E-state index contributed by atoms with van der Waals surface area (Å²) in [7, 11) is 1.53. The van der Waals surface area contributed by atoms with E-state index in [1.807, 2.05) is 0 Å². The predicted molar refractivity (Wildman–Crippen MR) is 64.7 cm³/mol. The van der Waals surface area contributed by atoms with Gasteiger partial charge in [0.1, 0.15) is 6.61 Å². The third-order valence-electron chi connectivity index (χ3n) is 2.86. The van der Waals surface area contributed by atoms with Gasteiger partial charge in [-0.05, 0) is 25.3 Å². The van der Waals surface area contributed by atoms with E-state index in [4.69, 9.17) is 14.2 Å². The van der Waals surface area contributed by atoms with E-state index in [-0.39, 0.29) is 12.1 Å². The van der Waals surface area contributed by atoms with Crippen molar-refractivity contribution in [1.82, 2.24) is 4.98 Å². The zero-order valence-corrected chi connectivity index (χ0v) is 10.4. The minimum absolute atomic E-state index is 0.0360. The average Bonchev–Trinajstić information content (AvgIpc) is 2.46. The van der Waals surface area contributed by atoms with Crippen LogP contribution < -0.4 is 4.74 Å². The molecule has 5 heteroatoms. The van der Waals surface area contributed by atoms with Crippen molar-refractivity contribution in [1.29, 1.82) is 0 Å². The maximum absolute atomic E-state index is 11.7. The first-order valence-corrected chi connectivity index (χ1v) is 6.08. The standard InChI is InChI=1S/C13H17NO4/c1-16-12-6-5-10(8-14-12)13(15)18-9-11-4-2-3-7-17-11/h5-6,8,11H,2-4,7,9H2,1H3/t11-/m0/s1. The zero-order valence-electron chi connectivity index (χ0n) is 10.4. The Hall–Kier alpha value is -1.62. The molecule has 1 aliphatic rings. The van der Waals surface area contributed by atoms with Gasteiger partial charge in [0.25, 0.3) is 0 Å². The predicted octanol–water partition coefficient (Wildman–Crippen LogP) is 1.82. The van der Waals surface area contributed by atoms with E-state index in [1.54, 1.807) is 12.1 Å². The number of rotatable bonds is 4. The number of pyridine rings is 1. The largest absolute Gasteiger partial charge is 0.481 e. The summed E-state index contributed by atoms with van der Waals surface area (Å²) in [4.78, 5) is 15.7. The lowest BCUT2D eigenvalue weighted by atomic mass is 10.1. The molecule has 1 aromatic heterocycles. The lowest BCUT2D eigenvalue weighted by molar-refractivity contribution is -0.0300. The van der Waals surface area contributed by atoms with Crippen LogP contribution in [0.3, 0.4) is 0 Å². The van der Waals surface area contributed by atoms with Crippen LogP contribution in [0.25, 0.3) is 0 Å². The van der Waals surface area contributed by atoms with Crippen LogP contribution in [0, 0.1) is 0 Å². The van der Waals surface area contributed by atoms with Gasteiger partial charge in [-0.3, -0.25) is 0 Å². The molecule has 0 saturated carbocycles. The molecule has 2 heterocycles. The second kappa shape index (κ2) is 6.35. The van der Waals surface area contributed by atoms with E-state index >= 15 is 0 Å². The quantitative estimate of drug-likeness (QED) is 0.764. The molecule has 5 nitrogen and oxygen atoms in total. The van der Waals surface area contributed by atoms with Gasteiger partial charge < -0.3 is 14.2 Å². The Bertz CT molecular complexity index is 384. The maximum Gasteiger partial charge on any atom is 0.339 e. The van der Waals surface area contributed by atoms with Gasteiger partial charge in [0, 0.05) is 18.9 Å². The number of aromatic nitrogens is 1. The van der Waals surface area contributed by atoms with Gasteiger partial charge in [0.2, 0.25) is 5.88 Å². The first-order chi connectivity index (χ1) is 8.79. The van der Waals surface area contributed by atoms with E-state index in [2.05, 4.69) is 4.98 Å². The minimum atomic E-state index is -0.376. The van der Waals surface area contributed by atoms with Crippen LogP contribution in [0.1, 0.15) is 29.6 Å². The van der Waals surface area contributed by atoms with E-state index in [1.165, 1.54) is 13.3 Å². The van der Waals surface area contributed by atoms with Gasteiger partial charge in [-0.25, -0.2) is 9.78 Å². The summed E-state index contributed by atoms with van der Waals surface area (Å²) in [5, 5.41) is 0. The molecule has 1 aromatic rings. The SMILES string of the molecule is COc1ccc(C(=O)OC[C@@H]2CCCCO2)cn1. The molecule has 1 aliphatic heterocycles. The van der Waals surface area contributed by atoms with Gasteiger partial charge in [-0.1, -0.05) is 0 Å². The van der Waals surface area contributed by atoms with Crippen molar-refractivity contribution in [3.63, 3.8) is 0 Å². The Kier molecular flexibility index (Phi) is 4.52. The highest BCUT2D eigenvalue weighted by atomic mass is 16.6. The van der Waals surface area contributed by atoms with Gasteiger partial charge in [-0.2, -0.15) is 0 Å². The van der Waals surface area contributed by atoms with Gasteiger partial charge >= 0.3 is 5.97 Å². The molecule has 1 fully saturated rings. The van der Waals surface area contributed by atoms with E-state index in [9.17, 15) is 4.79 Å². The van der Waals surface area contributed by atoms with Crippen molar-refractivity contribution in [2.75, 3.05) is 20.3 Å². The minimum Gasteiger partial charge on any atom is -0.481 e. The molecule has 0 bridgehead atoms. The molecule has 2 rings (SSSR count). The highest BCUT2D eigenvalue weighted by Crippen LogP contribution is 2.14. The van der Waals surface area contributed by atoms with Crippen molar-refractivity contribution >= 4 is 5.97 Å². The number of ether oxygens (including phenoxy) is 3. The zero-order chi connectivity index (χ0) is 12.8. The fraction of sp³-hybridized carbons (Fsp3) is 0.538. The van der Waals surface area contributed by atoms with Crippen LogP contribution in [0.2, 0.25) is 0 Å². The molecule has 0 aliphatic carbocycles.